The van der Waals surface area contributed by atoms with Gasteiger partial charge in [0, 0.05) is 11.7 Å². The smallest absolute Gasteiger partial charge is 0.0453 e. The van der Waals surface area contributed by atoms with Gasteiger partial charge in [0.05, 0.1) is 0 Å². The summed E-state index contributed by atoms with van der Waals surface area (Å²) in [5, 5.41) is 6.58. The summed E-state index contributed by atoms with van der Waals surface area (Å²) in [5.74, 6) is 0. The summed E-state index contributed by atoms with van der Waals surface area (Å²) < 4.78 is 0. The Balaban J connectivity index is 0.000000130. The number of aromatic amines is 1. The van der Waals surface area contributed by atoms with Crippen LogP contribution in [0, 0.1) is 0 Å². The highest BCUT2D eigenvalue weighted by Crippen LogP contribution is 2.24. The van der Waals surface area contributed by atoms with E-state index in [4.69, 9.17) is 0 Å². The summed E-state index contributed by atoms with van der Waals surface area (Å²) in [4.78, 5) is 3.12. The average molecular weight is 295 g/mol. The molecule has 0 saturated carbocycles. The van der Waals surface area contributed by atoms with Crippen LogP contribution in [0.15, 0.2) is 97.2 Å². The van der Waals surface area contributed by atoms with E-state index in [0.717, 1.165) is 0 Å². The SMILES string of the molecule is c1ccc2[nH]ccc2c1.c1ccc2c(c1)ccc1ccccc12. The number of hydrogen-bond donors (Lipinski definition) is 1. The molecule has 5 rings (SSSR count). The summed E-state index contributed by atoms with van der Waals surface area (Å²) in [7, 11) is 0. The van der Waals surface area contributed by atoms with Crippen molar-refractivity contribution in [2.24, 2.45) is 0 Å². The Hall–Kier alpha value is -3.06. The molecule has 0 spiro atoms. The van der Waals surface area contributed by atoms with Crippen LogP contribution in [0.5, 0.6) is 0 Å². The van der Waals surface area contributed by atoms with Crippen LogP contribution in [-0.4, -0.2) is 4.98 Å². The summed E-state index contributed by atoms with van der Waals surface area (Å²) >= 11 is 0. The molecular weight excluding hydrogens is 278 g/mol. The Labute approximate surface area is 135 Å². The highest BCUT2D eigenvalue weighted by atomic mass is 14.7. The fourth-order valence-corrected chi connectivity index (χ4v) is 2.95. The van der Waals surface area contributed by atoms with Crippen molar-refractivity contribution in [1.82, 2.24) is 4.98 Å². The van der Waals surface area contributed by atoms with Crippen molar-refractivity contribution >= 4 is 32.4 Å². The van der Waals surface area contributed by atoms with Crippen LogP contribution in [0.25, 0.3) is 32.4 Å². The van der Waals surface area contributed by atoms with E-state index in [2.05, 4.69) is 83.8 Å². The molecule has 1 heterocycles. The average Bonchev–Trinajstić information content (AvgIpc) is 3.11. The van der Waals surface area contributed by atoms with Crippen molar-refractivity contribution in [2.75, 3.05) is 0 Å². The van der Waals surface area contributed by atoms with Crippen molar-refractivity contribution in [3.05, 3.63) is 97.2 Å². The number of benzene rings is 4. The second kappa shape index (κ2) is 5.98. The molecular formula is C22H17N. The van der Waals surface area contributed by atoms with Gasteiger partial charge >= 0.3 is 0 Å². The highest BCUT2D eigenvalue weighted by Gasteiger charge is 1.97. The zero-order valence-corrected chi connectivity index (χ0v) is 12.7. The lowest BCUT2D eigenvalue weighted by atomic mass is 10.0. The lowest BCUT2D eigenvalue weighted by Crippen LogP contribution is -1.75. The highest BCUT2D eigenvalue weighted by molar-refractivity contribution is 6.07. The normalized spacial score (nSPS) is 10.6. The third-order valence-corrected chi connectivity index (χ3v) is 4.12. The van der Waals surface area contributed by atoms with Gasteiger partial charge in [0.15, 0.2) is 0 Å². The first-order valence-electron chi connectivity index (χ1n) is 7.80. The van der Waals surface area contributed by atoms with Crippen molar-refractivity contribution in [2.45, 2.75) is 0 Å². The van der Waals surface area contributed by atoms with Crippen molar-refractivity contribution in [3.8, 4) is 0 Å². The van der Waals surface area contributed by atoms with Crippen LogP contribution < -0.4 is 0 Å². The Bertz CT molecular complexity index is 988. The molecule has 0 aliphatic rings. The van der Waals surface area contributed by atoms with Crippen molar-refractivity contribution in [3.63, 3.8) is 0 Å². The number of hydrogen-bond acceptors (Lipinski definition) is 0. The molecule has 0 aliphatic heterocycles. The van der Waals surface area contributed by atoms with Crippen LogP contribution in [0.1, 0.15) is 0 Å². The molecule has 5 aromatic rings. The third kappa shape index (κ3) is 2.69. The van der Waals surface area contributed by atoms with Gasteiger partial charge < -0.3 is 4.98 Å². The molecule has 1 heteroatoms. The van der Waals surface area contributed by atoms with Crippen LogP contribution >= 0.6 is 0 Å². The molecule has 0 radical (unpaired) electrons. The van der Waals surface area contributed by atoms with E-state index in [9.17, 15) is 0 Å². The first-order valence-corrected chi connectivity index (χ1v) is 7.80. The summed E-state index contributed by atoms with van der Waals surface area (Å²) in [5.41, 5.74) is 1.21. The van der Waals surface area contributed by atoms with E-state index in [1.807, 2.05) is 18.3 Å². The van der Waals surface area contributed by atoms with Crippen LogP contribution in [-0.2, 0) is 0 Å². The van der Waals surface area contributed by atoms with Gasteiger partial charge in [0.1, 0.15) is 0 Å². The van der Waals surface area contributed by atoms with Crippen molar-refractivity contribution < 1.29 is 0 Å². The molecule has 0 atom stereocenters. The first-order chi connectivity index (χ1) is 11.4. The molecule has 4 aromatic carbocycles. The zero-order valence-electron chi connectivity index (χ0n) is 12.7. The fourth-order valence-electron chi connectivity index (χ4n) is 2.95. The number of nitrogens with one attached hydrogen (secondary N) is 1. The molecule has 1 aromatic heterocycles. The van der Waals surface area contributed by atoms with Crippen LogP contribution in [0.4, 0.5) is 0 Å². The van der Waals surface area contributed by atoms with E-state index < -0.39 is 0 Å². The maximum atomic E-state index is 3.12. The van der Waals surface area contributed by atoms with E-state index in [1.165, 1.54) is 32.4 Å². The predicted octanol–water partition coefficient (Wildman–Crippen LogP) is 6.16. The Morgan fingerprint density at radius 3 is 1.57 bits per heavy atom. The Kier molecular flexibility index (Phi) is 3.53. The molecule has 0 fully saturated rings. The topological polar surface area (TPSA) is 15.8 Å². The van der Waals surface area contributed by atoms with Gasteiger partial charge in [-0.05, 0) is 39.1 Å². The zero-order chi connectivity index (χ0) is 15.5. The van der Waals surface area contributed by atoms with Crippen LogP contribution in [0.3, 0.4) is 0 Å². The molecule has 0 aliphatic carbocycles. The van der Waals surface area contributed by atoms with E-state index in [1.54, 1.807) is 0 Å². The van der Waals surface area contributed by atoms with Gasteiger partial charge in [0.2, 0.25) is 0 Å². The minimum atomic E-state index is 1.21. The molecule has 110 valence electrons. The van der Waals surface area contributed by atoms with Gasteiger partial charge in [0.25, 0.3) is 0 Å². The molecule has 0 saturated heterocycles. The van der Waals surface area contributed by atoms with Gasteiger partial charge in [-0.3, -0.25) is 0 Å². The Morgan fingerprint density at radius 1 is 0.435 bits per heavy atom. The van der Waals surface area contributed by atoms with Crippen LogP contribution in [0.2, 0.25) is 0 Å². The van der Waals surface area contributed by atoms with Gasteiger partial charge in [-0.25, -0.2) is 0 Å². The molecule has 0 unspecified atom stereocenters. The maximum absolute atomic E-state index is 3.12. The Morgan fingerprint density at radius 2 is 0.957 bits per heavy atom. The second-order valence-electron chi connectivity index (χ2n) is 5.57. The van der Waals surface area contributed by atoms with Gasteiger partial charge in [-0.1, -0.05) is 78.9 Å². The van der Waals surface area contributed by atoms with E-state index >= 15 is 0 Å². The molecule has 23 heavy (non-hydrogen) atoms. The number of para-hydroxylation sites is 1. The summed E-state index contributed by atoms with van der Waals surface area (Å²) in [6, 6.07) is 31.7. The first kappa shape index (κ1) is 13.6. The molecule has 0 bridgehead atoms. The van der Waals surface area contributed by atoms with Crippen molar-refractivity contribution in [1.29, 1.82) is 0 Å². The number of rotatable bonds is 0. The third-order valence-electron chi connectivity index (χ3n) is 4.12. The second-order valence-corrected chi connectivity index (χ2v) is 5.57. The van der Waals surface area contributed by atoms with Gasteiger partial charge in [-0.15, -0.1) is 0 Å². The van der Waals surface area contributed by atoms with Gasteiger partial charge in [-0.2, -0.15) is 0 Å². The summed E-state index contributed by atoms with van der Waals surface area (Å²) in [6.07, 6.45) is 1.95. The van der Waals surface area contributed by atoms with E-state index in [-0.39, 0.29) is 0 Å². The number of aromatic nitrogens is 1. The standard InChI is InChI=1S/C14H10.C8H7N/c1-3-7-13-11(5-1)9-10-12-6-2-4-8-14(12)13;1-2-4-8-7(3-1)5-6-9-8/h1-10H;1-6,9H. The molecule has 1 nitrogen and oxygen atoms in total. The minimum absolute atomic E-state index is 1.21. The largest absolute Gasteiger partial charge is 0.361 e. The van der Waals surface area contributed by atoms with E-state index in [0.29, 0.717) is 0 Å². The lowest BCUT2D eigenvalue weighted by molar-refractivity contribution is 1.48. The quantitative estimate of drug-likeness (QED) is 0.329. The molecule has 0 amide bonds. The number of H-pyrrole nitrogens is 1. The predicted molar refractivity (Wildman–Crippen MR) is 99.8 cm³/mol. The summed E-state index contributed by atoms with van der Waals surface area (Å²) in [6.45, 7) is 0. The molecule has 1 N–H and O–H groups in total. The minimum Gasteiger partial charge on any atom is -0.361 e. The fraction of sp³-hybridized carbons (Fsp3) is 0. The number of fused-ring (bicyclic) bond motifs is 4. The lowest BCUT2D eigenvalue weighted by Gasteiger charge is -2.02. The monoisotopic (exact) mass is 295 g/mol. The maximum Gasteiger partial charge on any atom is 0.0453 e.